The molecule has 0 saturated heterocycles. The molecule has 0 unspecified atom stereocenters. The summed E-state index contributed by atoms with van der Waals surface area (Å²) in [4.78, 5) is 16.6. The van der Waals surface area contributed by atoms with Gasteiger partial charge in [-0.3, -0.25) is 0 Å². The standard InChI is InChI=1S/C29H23F3N2O6/c1-36-28(35)18-9-6-16-10-11-21-23(38-24(16)14-18)12-13-25(33-21)37-15-20-26(34-40-27(20)17-7-8-17)19-4-2-3-5-22(19)39-29(30,31)32/h2-6,9,12-14,17H,7-8,10-11,15H2,1H3. The van der Waals surface area contributed by atoms with Gasteiger partial charge in [0, 0.05) is 17.5 Å². The molecule has 8 nitrogen and oxygen atoms in total. The molecule has 2 aromatic carbocycles. The lowest BCUT2D eigenvalue weighted by molar-refractivity contribution is -0.274. The van der Waals surface area contributed by atoms with E-state index in [-0.39, 0.29) is 29.5 Å². The molecule has 0 N–H and O–H groups in total. The maximum absolute atomic E-state index is 13.0. The number of aromatic nitrogens is 2. The number of hydrogen-bond donors (Lipinski definition) is 0. The van der Waals surface area contributed by atoms with E-state index < -0.39 is 12.3 Å². The zero-order chi connectivity index (χ0) is 27.9. The van der Waals surface area contributed by atoms with E-state index in [0.717, 1.165) is 18.4 Å². The lowest BCUT2D eigenvalue weighted by Crippen LogP contribution is -2.17. The molecule has 4 aromatic rings. The Labute approximate surface area is 226 Å². The van der Waals surface area contributed by atoms with Crippen LogP contribution in [-0.4, -0.2) is 29.6 Å². The first-order chi connectivity index (χ1) is 19.3. The van der Waals surface area contributed by atoms with Crippen LogP contribution in [0.25, 0.3) is 11.3 Å². The topological polar surface area (TPSA) is 92.9 Å². The quantitative estimate of drug-likeness (QED) is 0.232. The van der Waals surface area contributed by atoms with Crippen LogP contribution in [0.3, 0.4) is 0 Å². The molecule has 1 aliphatic carbocycles. The Hall–Kier alpha value is -4.54. The zero-order valence-electron chi connectivity index (χ0n) is 21.3. The molecule has 0 radical (unpaired) electrons. The fourth-order valence-corrected chi connectivity index (χ4v) is 4.65. The maximum atomic E-state index is 13.0. The smallest absolute Gasteiger partial charge is 0.473 e. The Morgan fingerprint density at radius 3 is 2.65 bits per heavy atom. The van der Waals surface area contributed by atoms with Crippen molar-refractivity contribution in [3.63, 3.8) is 0 Å². The van der Waals surface area contributed by atoms with Gasteiger partial charge in [0.05, 0.1) is 23.9 Å². The van der Waals surface area contributed by atoms with Crippen LogP contribution in [-0.2, 0) is 24.2 Å². The Morgan fingerprint density at radius 1 is 1.05 bits per heavy atom. The van der Waals surface area contributed by atoms with Gasteiger partial charge in [0.1, 0.15) is 35.3 Å². The molecular weight excluding hydrogens is 529 g/mol. The van der Waals surface area contributed by atoms with Crippen LogP contribution in [0.4, 0.5) is 13.2 Å². The molecule has 1 saturated carbocycles. The van der Waals surface area contributed by atoms with Crippen LogP contribution in [0.15, 0.2) is 59.1 Å². The average Bonchev–Trinajstić information content (AvgIpc) is 3.72. The number of para-hydroxylation sites is 1. The van der Waals surface area contributed by atoms with E-state index >= 15 is 0 Å². The van der Waals surface area contributed by atoms with E-state index in [1.807, 2.05) is 6.07 Å². The number of halogens is 3. The number of nitrogens with zero attached hydrogens (tertiary/aromatic N) is 2. The van der Waals surface area contributed by atoms with Crippen LogP contribution < -0.4 is 14.2 Å². The zero-order valence-corrected chi connectivity index (χ0v) is 21.3. The largest absolute Gasteiger partial charge is 0.573 e. The fraction of sp³-hybridized carbons (Fsp3) is 0.276. The van der Waals surface area contributed by atoms with Gasteiger partial charge in [-0.1, -0.05) is 23.4 Å². The molecule has 0 atom stereocenters. The van der Waals surface area contributed by atoms with Crippen molar-refractivity contribution >= 4 is 5.97 Å². The molecule has 6 rings (SSSR count). The number of esters is 1. The van der Waals surface area contributed by atoms with Crippen LogP contribution in [0, 0.1) is 0 Å². The monoisotopic (exact) mass is 552 g/mol. The molecule has 0 amide bonds. The van der Waals surface area contributed by atoms with Crippen LogP contribution >= 0.6 is 0 Å². The van der Waals surface area contributed by atoms with Gasteiger partial charge in [-0.25, -0.2) is 9.78 Å². The Kier molecular flexibility index (Phi) is 6.57. The highest BCUT2D eigenvalue weighted by Crippen LogP contribution is 2.46. The third kappa shape index (κ3) is 5.31. The van der Waals surface area contributed by atoms with Crippen LogP contribution in [0.1, 0.15) is 51.7 Å². The first-order valence-corrected chi connectivity index (χ1v) is 12.6. The summed E-state index contributed by atoms with van der Waals surface area (Å²) in [5.41, 5.74) is 2.92. The van der Waals surface area contributed by atoms with Crippen molar-refractivity contribution in [2.45, 2.75) is 44.6 Å². The molecule has 11 heteroatoms. The number of ether oxygens (including phenoxy) is 4. The number of benzene rings is 2. The number of carbonyl (C=O) groups is 1. The molecule has 2 aromatic heterocycles. The molecule has 0 spiro atoms. The van der Waals surface area contributed by atoms with Gasteiger partial charge >= 0.3 is 12.3 Å². The van der Waals surface area contributed by atoms with Gasteiger partial charge in [-0.15, -0.1) is 13.2 Å². The van der Waals surface area contributed by atoms with Crippen molar-refractivity contribution < 1.29 is 41.4 Å². The lowest BCUT2D eigenvalue weighted by Gasteiger charge is -2.13. The SMILES string of the molecule is COC(=O)c1ccc2c(c1)Oc1ccc(OCc3c(-c4ccccc4OC(F)(F)F)noc3C3CC3)nc1CC2. The van der Waals surface area contributed by atoms with E-state index in [4.69, 9.17) is 18.7 Å². The van der Waals surface area contributed by atoms with Crippen molar-refractivity contribution in [1.29, 1.82) is 0 Å². The average molecular weight is 553 g/mol. The van der Waals surface area contributed by atoms with Gasteiger partial charge in [0.15, 0.2) is 0 Å². The number of pyridine rings is 1. The maximum Gasteiger partial charge on any atom is 0.573 e. The summed E-state index contributed by atoms with van der Waals surface area (Å²) in [7, 11) is 1.32. The fourth-order valence-electron chi connectivity index (χ4n) is 4.65. The molecule has 1 aliphatic heterocycles. The number of rotatable bonds is 7. The number of alkyl halides is 3. The highest BCUT2D eigenvalue weighted by molar-refractivity contribution is 5.90. The molecule has 40 heavy (non-hydrogen) atoms. The highest BCUT2D eigenvalue weighted by Gasteiger charge is 2.36. The number of carbonyl (C=O) groups excluding carboxylic acids is 1. The third-order valence-electron chi connectivity index (χ3n) is 6.75. The van der Waals surface area contributed by atoms with Gasteiger partial charge in [-0.05, 0) is 61.6 Å². The summed E-state index contributed by atoms with van der Waals surface area (Å²) in [6.07, 6.45) is -1.85. The molecule has 2 aliphatic rings. The minimum absolute atomic E-state index is 0.0135. The lowest BCUT2D eigenvalue weighted by atomic mass is 10.0. The third-order valence-corrected chi connectivity index (χ3v) is 6.75. The summed E-state index contributed by atoms with van der Waals surface area (Å²) in [5.74, 6) is 1.31. The number of methoxy groups -OCH3 is 1. The van der Waals surface area contributed by atoms with E-state index in [9.17, 15) is 18.0 Å². The van der Waals surface area contributed by atoms with Crippen LogP contribution in [0.5, 0.6) is 23.1 Å². The van der Waals surface area contributed by atoms with E-state index in [1.165, 1.54) is 25.3 Å². The first kappa shape index (κ1) is 25.7. The number of aryl methyl sites for hydroxylation is 2. The van der Waals surface area contributed by atoms with Crippen molar-refractivity contribution in [3.05, 3.63) is 82.7 Å². The summed E-state index contributed by atoms with van der Waals surface area (Å²) in [5, 5.41) is 4.11. The summed E-state index contributed by atoms with van der Waals surface area (Å²) >= 11 is 0. The van der Waals surface area contributed by atoms with Gasteiger partial charge in [-0.2, -0.15) is 0 Å². The Bertz CT molecular complexity index is 1580. The van der Waals surface area contributed by atoms with Crippen molar-refractivity contribution in [2.24, 2.45) is 0 Å². The summed E-state index contributed by atoms with van der Waals surface area (Å²) in [6.45, 7) is -0.0135. The van der Waals surface area contributed by atoms with E-state index in [0.29, 0.717) is 52.8 Å². The van der Waals surface area contributed by atoms with Gasteiger partial charge in [0.2, 0.25) is 5.88 Å². The first-order valence-electron chi connectivity index (χ1n) is 12.6. The Morgan fingerprint density at radius 2 is 1.88 bits per heavy atom. The number of fused-ring (bicyclic) bond motifs is 2. The second-order valence-corrected chi connectivity index (χ2v) is 9.49. The molecule has 3 heterocycles. The normalized spacial score (nSPS) is 14.4. The van der Waals surface area contributed by atoms with E-state index in [2.05, 4.69) is 14.9 Å². The van der Waals surface area contributed by atoms with Crippen molar-refractivity contribution in [2.75, 3.05) is 7.11 Å². The van der Waals surface area contributed by atoms with Crippen LogP contribution in [0.2, 0.25) is 0 Å². The predicted octanol–water partition coefficient (Wildman–Crippen LogP) is 6.77. The van der Waals surface area contributed by atoms with Crippen molar-refractivity contribution in [3.8, 4) is 34.4 Å². The van der Waals surface area contributed by atoms with Crippen molar-refractivity contribution in [1.82, 2.24) is 10.1 Å². The van der Waals surface area contributed by atoms with Gasteiger partial charge in [0.25, 0.3) is 0 Å². The second kappa shape index (κ2) is 10.2. The minimum Gasteiger partial charge on any atom is -0.473 e. The highest BCUT2D eigenvalue weighted by atomic mass is 19.4. The van der Waals surface area contributed by atoms with E-state index in [1.54, 1.807) is 30.3 Å². The minimum atomic E-state index is -4.86. The predicted molar refractivity (Wildman–Crippen MR) is 134 cm³/mol. The summed E-state index contributed by atoms with van der Waals surface area (Å²) in [6, 6.07) is 14.4. The van der Waals surface area contributed by atoms with Gasteiger partial charge < -0.3 is 23.5 Å². The molecule has 1 fully saturated rings. The molecular formula is C29H23F3N2O6. The molecule has 206 valence electrons. The second-order valence-electron chi connectivity index (χ2n) is 9.49. The molecule has 0 bridgehead atoms. The summed E-state index contributed by atoms with van der Waals surface area (Å²) < 4.78 is 65.9. The Balaban J connectivity index is 1.25. The number of hydrogen-bond acceptors (Lipinski definition) is 8.